The van der Waals surface area contributed by atoms with Gasteiger partial charge in [0.25, 0.3) is 5.91 Å². The van der Waals surface area contributed by atoms with E-state index < -0.39 is 17.6 Å². The number of anilines is 2. The first-order valence-electron chi connectivity index (χ1n) is 8.49. The molecule has 146 valence electrons. The summed E-state index contributed by atoms with van der Waals surface area (Å²) in [6.45, 7) is 2.01. The Morgan fingerprint density at radius 1 is 1.07 bits per heavy atom. The average molecular weight is 408 g/mol. The van der Waals surface area contributed by atoms with Crippen LogP contribution in [-0.2, 0) is 10.9 Å². The van der Waals surface area contributed by atoms with Crippen LogP contribution in [0.25, 0.3) is 11.0 Å². The maximum absolute atomic E-state index is 13.2. The Hall–Kier alpha value is -2.72. The minimum atomic E-state index is -4.51. The van der Waals surface area contributed by atoms with E-state index in [1.54, 1.807) is 18.2 Å². The van der Waals surface area contributed by atoms with Crippen LogP contribution in [0.2, 0.25) is 0 Å². The zero-order valence-corrected chi connectivity index (χ0v) is 15.3. The van der Waals surface area contributed by atoms with Gasteiger partial charge in [0.1, 0.15) is 11.0 Å². The number of benzene rings is 2. The highest BCUT2D eigenvalue weighted by Crippen LogP contribution is 2.36. The van der Waals surface area contributed by atoms with Crippen LogP contribution >= 0.6 is 11.7 Å². The molecule has 3 aromatic rings. The van der Waals surface area contributed by atoms with E-state index in [4.69, 9.17) is 4.74 Å². The summed E-state index contributed by atoms with van der Waals surface area (Å²) in [5.41, 5.74) is 1.34. The molecule has 1 fully saturated rings. The number of amides is 1. The Labute approximate surface area is 162 Å². The summed E-state index contributed by atoms with van der Waals surface area (Å²) in [5.74, 6) is -0.510. The van der Waals surface area contributed by atoms with Crippen LogP contribution < -0.4 is 10.2 Å². The van der Waals surface area contributed by atoms with E-state index in [-0.39, 0.29) is 5.69 Å². The SMILES string of the molecule is O=C(Nc1cc(C(F)(F)F)ccc1N1CCOCC1)c1ccc2nsnc2c1. The van der Waals surface area contributed by atoms with Gasteiger partial charge in [0.15, 0.2) is 0 Å². The number of hydrogen-bond donors (Lipinski definition) is 1. The van der Waals surface area contributed by atoms with E-state index in [0.29, 0.717) is 48.6 Å². The molecule has 0 radical (unpaired) electrons. The Kier molecular flexibility index (Phi) is 4.90. The van der Waals surface area contributed by atoms with Crippen molar-refractivity contribution < 1.29 is 22.7 Å². The Morgan fingerprint density at radius 2 is 1.82 bits per heavy atom. The van der Waals surface area contributed by atoms with Gasteiger partial charge in [0.2, 0.25) is 0 Å². The number of rotatable bonds is 3. The fourth-order valence-corrected chi connectivity index (χ4v) is 3.53. The predicted molar refractivity (Wildman–Crippen MR) is 99.8 cm³/mol. The maximum Gasteiger partial charge on any atom is 0.416 e. The van der Waals surface area contributed by atoms with Gasteiger partial charge in [0.05, 0.1) is 41.9 Å². The number of fused-ring (bicyclic) bond motifs is 1. The third-order valence-corrected chi connectivity index (χ3v) is 5.00. The molecule has 1 saturated heterocycles. The van der Waals surface area contributed by atoms with Crippen LogP contribution in [0.4, 0.5) is 24.5 Å². The monoisotopic (exact) mass is 408 g/mol. The third kappa shape index (κ3) is 3.78. The third-order valence-electron chi connectivity index (χ3n) is 4.44. The van der Waals surface area contributed by atoms with Crippen molar-refractivity contribution in [3.8, 4) is 0 Å². The molecule has 0 atom stereocenters. The Balaban J connectivity index is 1.67. The van der Waals surface area contributed by atoms with E-state index in [2.05, 4.69) is 14.1 Å². The number of halogens is 3. The molecule has 0 unspecified atom stereocenters. The Morgan fingerprint density at radius 3 is 2.57 bits per heavy atom. The van der Waals surface area contributed by atoms with E-state index in [9.17, 15) is 18.0 Å². The zero-order valence-electron chi connectivity index (χ0n) is 14.5. The van der Waals surface area contributed by atoms with E-state index in [0.717, 1.165) is 23.9 Å². The van der Waals surface area contributed by atoms with Gasteiger partial charge in [-0.25, -0.2) is 0 Å². The average Bonchev–Trinajstić information content (AvgIpc) is 3.15. The normalized spacial score (nSPS) is 15.0. The summed E-state index contributed by atoms with van der Waals surface area (Å²) < 4.78 is 53.0. The van der Waals surface area contributed by atoms with Crippen molar-refractivity contribution in [2.24, 2.45) is 0 Å². The van der Waals surface area contributed by atoms with Crippen molar-refractivity contribution in [2.75, 3.05) is 36.5 Å². The molecule has 4 rings (SSSR count). The number of aromatic nitrogens is 2. The summed E-state index contributed by atoms with van der Waals surface area (Å²) in [7, 11) is 0. The smallest absolute Gasteiger partial charge is 0.378 e. The van der Waals surface area contributed by atoms with Crippen molar-refractivity contribution in [3.63, 3.8) is 0 Å². The maximum atomic E-state index is 13.2. The molecule has 0 saturated carbocycles. The molecule has 2 heterocycles. The molecule has 2 aromatic carbocycles. The molecule has 0 bridgehead atoms. The molecular formula is C18H15F3N4O2S. The van der Waals surface area contributed by atoms with Crippen LogP contribution in [0, 0.1) is 0 Å². The molecule has 1 aliphatic rings. The first kappa shape index (κ1) is 18.6. The van der Waals surface area contributed by atoms with Gasteiger partial charge < -0.3 is 15.0 Å². The molecule has 1 aromatic heterocycles. The number of nitrogens with one attached hydrogen (secondary N) is 1. The van der Waals surface area contributed by atoms with E-state index >= 15 is 0 Å². The number of carbonyl (C=O) groups is 1. The van der Waals surface area contributed by atoms with Gasteiger partial charge in [-0.3, -0.25) is 4.79 Å². The van der Waals surface area contributed by atoms with Crippen molar-refractivity contribution in [1.82, 2.24) is 8.75 Å². The lowest BCUT2D eigenvalue weighted by molar-refractivity contribution is -0.137. The number of carbonyl (C=O) groups excluding carboxylic acids is 1. The van der Waals surface area contributed by atoms with Crippen molar-refractivity contribution in [1.29, 1.82) is 0 Å². The summed E-state index contributed by atoms with van der Waals surface area (Å²) in [5, 5.41) is 2.63. The molecule has 0 spiro atoms. The van der Waals surface area contributed by atoms with Crippen LogP contribution in [0.1, 0.15) is 15.9 Å². The molecule has 1 amide bonds. The fourth-order valence-electron chi connectivity index (χ4n) is 3.01. The topological polar surface area (TPSA) is 67.4 Å². The van der Waals surface area contributed by atoms with Crippen LogP contribution in [0.15, 0.2) is 36.4 Å². The lowest BCUT2D eigenvalue weighted by Crippen LogP contribution is -2.36. The number of morpholine rings is 1. The summed E-state index contributed by atoms with van der Waals surface area (Å²) >= 11 is 1.03. The fraction of sp³-hybridized carbons (Fsp3) is 0.278. The quantitative estimate of drug-likeness (QED) is 0.714. The second-order valence-electron chi connectivity index (χ2n) is 6.25. The molecule has 0 aliphatic carbocycles. The highest BCUT2D eigenvalue weighted by atomic mass is 32.1. The van der Waals surface area contributed by atoms with Crippen molar-refractivity contribution in [2.45, 2.75) is 6.18 Å². The number of alkyl halides is 3. The molecule has 28 heavy (non-hydrogen) atoms. The van der Waals surface area contributed by atoms with Gasteiger partial charge in [-0.15, -0.1) is 0 Å². The van der Waals surface area contributed by atoms with E-state index in [1.165, 1.54) is 6.07 Å². The van der Waals surface area contributed by atoms with Crippen LogP contribution in [0.3, 0.4) is 0 Å². The minimum absolute atomic E-state index is 0.109. The predicted octanol–water partition coefficient (Wildman–Crippen LogP) is 3.80. The summed E-state index contributed by atoms with van der Waals surface area (Å²) in [4.78, 5) is 14.6. The standard InChI is InChI=1S/C18H15F3N4O2S/c19-18(20,21)12-2-4-16(25-5-7-27-8-6-25)15(10-12)22-17(26)11-1-3-13-14(9-11)24-28-23-13/h1-4,9-10H,5-8H2,(H,22,26). The summed E-state index contributed by atoms with van der Waals surface area (Å²) in [6, 6.07) is 8.16. The van der Waals surface area contributed by atoms with Gasteiger partial charge in [-0.2, -0.15) is 21.9 Å². The van der Waals surface area contributed by atoms with Crippen LogP contribution in [0.5, 0.6) is 0 Å². The molecule has 6 nitrogen and oxygen atoms in total. The molecular weight excluding hydrogens is 393 g/mol. The number of hydrogen-bond acceptors (Lipinski definition) is 6. The summed E-state index contributed by atoms with van der Waals surface area (Å²) in [6.07, 6.45) is -4.51. The molecule has 10 heteroatoms. The van der Waals surface area contributed by atoms with E-state index in [1.807, 2.05) is 4.90 Å². The second-order valence-corrected chi connectivity index (χ2v) is 6.78. The van der Waals surface area contributed by atoms with Crippen molar-refractivity contribution in [3.05, 3.63) is 47.5 Å². The van der Waals surface area contributed by atoms with Gasteiger partial charge in [-0.05, 0) is 36.4 Å². The highest BCUT2D eigenvalue weighted by molar-refractivity contribution is 7.00. The minimum Gasteiger partial charge on any atom is -0.378 e. The van der Waals surface area contributed by atoms with Gasteiger partial charge in [-0.1, -0.05) is 0 Å². The zero-order chi connectivity index (χ0) is 19.7. The molecule has 1 aliphatic heterocycles. The Bertz CT molecular complexity index is 1020. The molecule has 1 N–H and O–H groups in total. The number of ether oxygens (including phenoxy) is 1. The van der Waals surface area contributed by atoms with Gasteiger partial charge in [0, 0.05) is 18.7 Å². The highest BCUT2D eigenvalue weighted by Gasteiger charge is 2.32. The lowest BCUT2D eigenvalue weighted by atomic mass is 10.1. The lowest BCUT2D eigenvalue weighted by Gasteiger charge is -2.31. The van der Waals surface area contributed by atoms with Crippen LogP contribution in [-0.4, -0.2) is 41.0 Å². The second kappa shape index (κ2) is 7.36. The first-order valence-corrected chi connectivity index (χ1v) is 9.22. The number of nitrogens with zero attached hydrogens (tertiary/aromatic N) is 3. The van der Waals surface area contributed by atoms with Gasteiger partial charge >= 0.3 is 6.18 Å². The largest absolute Gasteiger partial charge is 0.416 e. The first-order chi connectivity index (χ1) is 13.4. The van der Waals surface area contributed by atoms with Crippen molar-refractivity contribution >= 4 is 40.0 Å².